The molecule has 0 saturated carbocycles. The van der Waals surface area contributed by atoms with Gasteiger partial charge in [-0.05, 0) is 39.6 Å². The van der Waals surface area contributed by atoms with Crippen molar-refractivity contribution in [3.63, 3.8) is 0 Å². The van der Waals surface area contributed by atoms with Crippen LogP contribution in [0.1, 0.15) is 5.56 Å². The van der Waals surface area contributed by atoms with Gasteiger partial charge in [-0.1, -0.05) is 48.5 Å². The van der Waals surface area contributed by atoms with Gasteiger partial charge in [0.15, 0.2) is 0 Å². The molecule has 3 heteroatoms. The van der Waals surface area contributed by atoms with E-state index in [1.54, 1.807) is 0 Å². The predicted octanol–water partition coefficient (Wildman–Crippen LogP) is 3.04. The molecule has 0 heterocycles. The molecule has 0 spiro atoms. The maximum absolute atomic E-state index is 11.6. The standard InChI is InChI=1S/C18H17NO2/c1-21-18(20)17(19)11-16-14-8-4-2-6-12(14)10-13-7-3-5-9-15(13)16/h2-10,17H,11,19H2,1H3/t17-/m1/s1. The van der Waals surface area contributed by atoms with Crippen LogP contribution in [0.3, 0.4) is 0 Å². The lowest BCUT2D eigenvalue weighted by molar-refractivity contribution is -0.142. The molecule has 3 aromatic rings. The second kappa shape index (κ2) is 5.54. The van der Waals surface area contributed by atoms with E-state index in [1.807, 2.05) is 24.3 Å². The molecule has 106 valence electrons. The van der Waals surface area contributed by atoms with Crippen LogP contribution in [-0.2, 0) is 16.0 Å². The van der Waals surface area contributed by atoms with Gasteiger partial charge in [0.25, 0.3) is 0 Å². The number of ether oxygens (including phenoxy) is 1. The van der Waals surface area contributed by atoms with E-state index in [4.69, 9.17) is 10.5 Å². The number of carbonyl (C=O) groups is 1. The van der Waals surface area contributed by atoms with Crippen LogP contribution in [0.25, 0.3) is 21.5 Å². The SMILES string of the molecule is COC(=O)[C@H](N)Cc1c2ccccc2cc2ccccc12. The van der Waals surface area contributed by atoms with Gasteiger partial charge >= 0.3 is 5.97 Å². The van der Waals surface area contributed by atoms with Crippen LogP contribution >= 0.6 is 0 Å². The molecule has 3 aromatic carbocycles. The first-order valence-electron chi connectivity index (χ1n) is 6.93. The van der Waals surface area contributed by atoms with Crippen LogP contribution in [0, 0.1) is 0 Å². The highest BCUT2D eigenvalue weighted by atomic mass is 16.5. The van der Waals surface area contributed by atoms with Gasteiger partial charge in [-0.15, -0.1) is 0 Å². The summed E-state index contributed by atoms with van der Waals surface area (Å²) < 4.78 is 4.74. The molecule has 0 aliphatic carbocycles. The summed E-state index contributed by atoms with van der Waals surface area (Å²) in [7, 11) is 1.36. The summed E-state index contributed by atoms with van der Waals surface area (Å²) in [5.74, 6) is -0.382. The first-order valence-corrected chi connectivity index (χ1v) is 6.93. The fourth-order valence-corrected chi connectivity index (χ4v) is 2.78. The summed E-state index contributed by atoms with van der Waals surface area (Å²) in [5.41, 5.74) is 7.07. The van der Waals surface area contributed by atoms with Crippen LogP contribution < -0.4 is 5.73 Å². The molecule has 0 bridgehead atoms. The zero-order valence-corrected chi connectivity index (χ0v) is 11.9. The predicted molar refractivity (Wildman–Crippen MR) is 85.1 cm³/mol. The zero-order valence-electron chi connectivity index (χ0n) is 11.9. The number of nitrogens with two attached hydrogens (primary N) is 1. The molecule has 0 radical (unpaired) electrons. The van der Waals surface area contributed by atoms with Gasteiger partial charge in [-0.25, -0.2) is 0 Å². The third-order valence-electron chi connectivity index (χ3n) is 3.81. The number of benzene rings is 3. The molecule has 0 saturated heterocycles. The summed E-state index contributed by atoms with van der Waals surface area (Å²) in [4.78, 5) is 11.6. The van der Waals surface area contributed by atoms with Crippen LogP contribution in [0.4, 0.5) is 0 Å². The fourth-order valence-electron chi connectivity index (χ4n) is 2.78. The van der Waals surface area contributed by atoms with Gasteiger partial charge in [-0.3, -0.25) is 4.79 Å². The van der Waals surface area contributed by atoms with Crippen molar-refractivity contribution in [3.05, 3.63) is 60.2 Å². The molecule has 21 heavy (non-hydrogen) atoms. The van der Waals surface area contributed by atoms with E-state index < -0.39 is 6.04 Å². The van der Waals surface area contributed by atoms with Crippen molar-refractivity contribution in [1.29, 1.82) is 0 Å². The normalized spacial score (nSPS) is 12.5. The lowest BCUT2D eigenvalue weighted by Gasteiger charge is -2.14. The minimum absolute atomic E-state index is 0.382. The van der Waals surface area contributed by atoms with E-state index in [2.05, 4.69) is 30.3 Å². The Morgan fingerprint density at radius 1 is 1.05 bits per heavy atom. The maximum atomic E-state index is 11.6. The number of esters is 1. The largest absolute Gasteiger partial charge is 0.468 e. The van der Waals surface area contributed by atoms with Gasteiger partial charge in [0, 0.05) is 0 Å². The molecule has 0 amide bonds. The summed E-state index contributed by atoms with van der Waals surface area (Å²) in [6.45, 7) is 0. The number of methoxy groups -OCH3 is 1. The Morgan fingerprint density at radius 2 is 1.57 bits per heavy atom. The monoisotopic (exact) mass is 279 g/mol. The second-order valence-corrected chi connectivity index (χ2v) is 5.13. The molecule has 0 unspecified atom stereocenters. The number of hydrogen-bond donors (Lipinski definition) is 1. The lowest BCUT2D eigenvalue weighted by Crippen LogP contribution is -2.33. The van der Waals surface area contributed by atoms with Crippen molar-refractivity contribution < 1.29 is 9.53 Å². The molecule has 2 N–H and O–H groups in total. The molecule has 0 aliphatic rings. The molecule has 0 aromatic heterocycles. The molecule has 1 atom stereocenters. The van der Waals surface area contributed by atoms with E-state index in [0.29, 0.717) is 6.42 Å². The van der Waals surface area contributed by atoms with Crippen molar-refractivity contribution in [2.45, 2.75) is 12.5 Å². The van der Waals surface area contributed by atoms with E-state index >= 15 is 0 Å². The average molecular weight is 279 g/mol. The average Bonchev–Trinajstić information content (AvgIpc) is 2.53. The van der Waals surface area contributed by atoms with Crippen molar-refractivity contribution in [2.24, 2.45) is 5.73 Å². The minimum Gasteiger partial charge on any atom is -0.468 e. The Morgan fingerprint density at radius 3 is 2.10 bits per heavy atom. The molecule has 0 fully saturated rings. The summed E-state index contributed by atoms with van der Waals surface area (Å²) in [6.07, 6.45) is 0.467. The van der Waals surface area contributed by atoms with Crippen molar-refractivity contribution in [1.82, 2.24) is 0 Å². The number of rotatable bonds is 3. The van der Waals surface area contributed by atoms with Gasteiger partial charge < -0.3 is 10.5 Å². The van der Waals surface area contributed by atoms with Crippen LogP contribution in [-0.4, -0.2) is 19.1 Å². The van der Waals surface area contributed by atoms with Gasteiger partial charge in [0.2, 0.25) is 0 Å². The fraction of sp³-hybridized carbons (Fsp3) is 0.167. The van der Waals surface area contributed by atoms with Crippen molar-refractivity contribution >= 4 is 27.5 Å². The summed E-state index contributed by atoms with van der Waals surface area (Å²) in [5, 5.41) is 4.58. The van der Waals surface area contributed by atoms with E-state index in [0.717, 1.165) is 27.1 Å². The van der Waals surface area contributed by atoms with Crippen molar-refractivity contribution in [3.8, 4) is 0 Å². The van der Waals surface area contributed by atoms with Crippen LogP contribution in [0.2, 0.25) is 0 Å². The Labute approximate surface area is 123 Å². The second-order valence-electron chi connectivity index (χ2n) is 5.13. The number of carbonyl (C=O) groups excluding carboxylic acids is 1. The first kappa shape index (κ1) is 13.6. The number of fused-ring (bicyclic) bond motifs is 2. The highest BCUT2D eigenvalue weighted by molar-refractivity contribution is 6.02. The highest BCUT2D eigenvalue weighted by Gasteiger charge is 2.17. The Bertz CT molecular complexity index is 757. The quantitative estimate of drug-likeness (QED) is 0.592. The van der Waals surface area contributed by atoms with Gasteiger partial charge in [0.05, 0.1) is 7.11 Å². The van der Waals surface area contributed by atoms with Gasteiger partial charge in [0.1, 0.15) is 6.04 Å². The third kappa shape index (κ3) is 2.48. The Hall–Kier alpha value is -2.39. The zero-order chi connectivity index (χ0) is 14.8. The van der Waals surface area contributed by atoms with Crippen LogP contribution in [0.5, 0.6) is 0 Å². The number of hydrogen-bond acceptors (Lipinski definition) is 3. The molecule has 3 nitrogen and oxygen atoms in total. The third-order valence-corrected chi connectivity index (χ3v) is 3.81. The highest BCUT2D eigenvalue weighted by Crippen LogP contribution is 2.29. The molecule has 0 aliphatic heterocycles. The maximum Gasteiger partial charge on any atom is 0.322 e. The summed E-state index contributed by atoms with van der Waals surface area (Å²) in [6, 6.07) is 17.9. The summed E-state index contributed by atoms with van der Waals surface area (Å²) >= 11 is 0. The molecule has 3 rings (SSSR count). The molecular formula is C18H17NO2. The Balaban J connectivity index is 2.22. The lowest BCUT2D eigenvalue weighted by atomic mass is 9.93. The van der Waals surface area contributed by atoms with Crippen LogP contribution in [0.15, 0.2) is 54.6 Å². The van der Waals surface area contributed by atoms with Crippen molar-refractivity contribution in [2.75, 3.05) is 7.11 Å². The van der Waals surface area contributed by atoms with E-state index in [9.17, 15) is 4.79 Å². The first-order chi connectivity index (χ1) is 10.2. The molecular weight excluding hydrogens is 262 g/mol. The Kier molecular flexibility index (Phi) is 3.59. The minimum atomic E-state index is -0.649. The smallest absolute Gasteiger partial charge is 0.322 e. The van der Waals surface area contributed by atoms with E-state index in [1.165, 1.54) is 7.11 Å². The van der Waals surface area contributed by atoms with E-state index in [-0.39, 0.29) is 5.97 Å². The topological polar surface area (TPSA) is 52.3 Å². The van der Waals surface area contributed by atoms with Gasteiger partial charge in [-0.2, -0.15) is 0 Å².